The highest BCUT2D eigenvalue weighted by Crippen LogP contribution is 2.43. The van der Waals surface area contributed by atoms with Crippen LogP contribution < -0.4 is 4.74 Å². The van der Waals surface area contributed by atoms with E-state index in [1.165, 1.54) is 35.1 Å². The normalized spacial score (nSPS) is 16.8. The second kappa shape index (κ2) is 13.1. The van der Waals surface area contributed by atoms with Gasteiger partial charge in [0.2, 0.25) is 0 Å². The lowest BCUT2D eigenvalue weighted by molar-refractivity contribution is -0.137. The molecule has 3 rings (SSSR count). The number of carbonyl (C=O) groups is 1. The Hall–Kier alpha value is -2.37. The Morgan fingerprint density at radius 1 is 0.974 bits per heavy atom. The predicted molar refractivity (Wildman–Crippen MR) is 153 cm³/mol. The highest BCUT2D eigenvalue weighted by atomic mass is 16.5. The molecule has 0 radical (unpaired) electrons. The largest absolute Gasteiger partial charge is 0.491 e. The number of hydrogen-bond donors (Lipinski definition) is 3. The van der Waals surface area contributed by atoms with Crippen LogP contribution in [0.25, 0.3) is 0 Å². The van der Waals surface area contributed by atoms with Gasteiger partial charge < -0.3 is 20.1 Å². The zero-order chi connectivity index (χ0) is 27.9. The molecule has 1 unspecified atom stereocenters. The second-order valence-electron chi connectivity index (χ2n) is 11.7. The van der Waals surface area contributed by atoms with Gasteiger partial charge in [-0.2, -0.15) is 0 Å². The summed E-state index contributed by atoms with van der Waals surface area (Å²) in [5, 5.41) is 29.7. The maximum atomic E-state index is 10.9. The van der Waals surface area contributed by atoms with Gasteiger partial charge in [-0.25, -0.2) is 0 Å². The third-order valence-corrected chi connectivity index (χ3v) is 9.19. The Morgan fingerprint density at radius 3 is 2.13 bits per heavy atom. The minimum absolute atomic E-state index is 0.0733. The predicted octanol–water partition coefficient (Wildman–Crippen LogP) is 6.89. The maximum Gasteiger partial charge on any atom is 0.303 e. The van der Waals surface area contributed by atoms with Gasteiger partial charge in [0.25, 0.3) is 0 Å². The van der Waals surface area contributed by atoms with Gasteiger partial charge >= 0.3 is 5.97 Å². The minimum Gasteiger partial charge on any atom is -0.491 e. The molecule has 38 heavy (non-hydrogen) atoms. The van der Waals surface area contributed by atoms with Crippen LogP contribution in [0, 0.1) is 19.3 Å². The van der Waals surface area contributed by atoms with Crippen molar-refractivity contribution in [2.45, 2.75) is 116 Å². The molecule has 2 aromatic rings. The number of carboxylic acids is 1. The summed E-state index contributed by atoms with van der Waals surface area (Å²) in [6.45, 7) is 11.0. The number of aliphatic carboxylic acids is 1. The molecule has 5 heteroatoms. The van der Waals surface area contributed by atoms with E-state index in [1.54, 1.807) is 0 Å². The molecular formula is C33H48O5. The summed E-state index contributed by atoms with van der Waals surface area (Å²) in [7, 11) is 0. The summed E-state index contributed by atoms with van der Waals surface area (Å²) in [4.78, 5) is 10.7. The Bertz CT molecular complexity index is 1070. The molecule has 0 aromatic heterocycles. The Kier molecular flexibility index (Phi) is 10.4. The summed E-state index contributed by atoms with van der Waals surface area (Å²) in [5.41, 5.74) is 6.12. The number of aliphatic hydroxyl groups excluding tert-OH is 2. The van der Waals surface area contributed by atoms with Gasteiger partial charge in [0.1, 0.15) is 12.4 Å². The Morgan fingerprint density at radius 2 is 1.58 bits per heavy atom. The zero-order valence-electron chi connectivity index (χ0n) is 24.1. The summed E-state index contributed by atoms with van der Waals surface area (Å²) >= 11 is 0. The van der Waals surface area contributed by atoms with Crippen molar-refractivity contribution in [3.63, 3.8) is 0 Å². The van der Waals surface area contributed by atoms with E-state index in [9.17, 15) is 15.0 Å². The van der Waals surface area contributed by atoms with Gasteiger partial charge in [0.15, 0.2) is 0 Å². The van der Waals surface area contributed by atoms with E-state index < -0.39 is 12.1 Å². The molecule has 1 fully saturated rings. The van der Waals surface area contributed by atoms with Crippen LogP contribution in [0.2, 0.25) is 0 Å². The standard InChI is InChI=1S/C33H48O5/c1-6-33(7-2,27-13-15-29(24(4)21-27)38-22-28(34)14-17-31(36)37)26-12-10-25(23(3)20-26)11-16-30(35)32(5)18-8-9-19-32/h10,12-13,15,20-21,28,30,34-35H,6-9,11,14,16-19,22H2,1-5H3,(H,36,37)/t28-,30?/m1/s1. The van der Waals surface area contributed by atoms with Crippen molar-refractivity contribution < 1.29 is 24.9 Å². The van der Waals surface area contributed by atoms with Crippen molar-refractivity contribution in [1.82, 2.24) is 0 Å². The van der Waals surface area contributed by atoms with Crippen LogP contribution in [-0.2, 0) is 16.6 Å². The molecule has 210 valence electrons. The summed E-state index contributed by atoms with van der Waals surface area (Å²) in [5.74, 6) is -0.204. The number of hydrogen-bond acceptors (Lipinski definition) is 4. The Balaban J connectivity index is 1.74. The number of aryl methyl sites for hydroxylation is 3. The van der Waals surface area contributed by atoms with Crippen LogP contribution in [-0.4, -0.2) is 40.1 Å². The number of ether oxygens (including phenoxy) is 1. The minimum atomic E-state index is -0.917. The first-order chi connectivity index (χ1) is 18.0. The summed E-state index contributed by atoms with van der Waals surface area (Å²) < 4.78 is 5.83. The number of rotatable bonds is 14. The van der Waals surface area contributed by atoms with E-state index >= 15 is 0 Å². The second-order valence-corrected chi connectivity index (χ2v) is 11.7. The third-order valence-electron chi connectivity index (χ3n) is 9.19. The van der Waals surface area contributed by atoms with Crippen LogP contribution in [0.5, 0.6) is 5.75 Å². The van der Waals surface area contributed by atoms with E-state index in [-0.39, 0.29) is 36.4 Å². The number of benzene rings is 2. The molecule has 0 saturated heterocycles. The summed E-state index contributed by atoms with van der Waals surface area (Å²) in [6.07, 6.45) is 7.44. The fourth-order valence-corrected chi connectivity index (χ4v) is 6.33. The molecule has 3 N–H and O–H groups in total. The molecule has 0 amide bonds. The zero-order valence-corrected chi connectivity index (χ0v) is 24.1. The van der Waals surface area contributed by atoms with E-state index in [2.05, 4.69) is 58.0 Å². The molecule has 0 aliphatic heterocycles. The van der Waals surface area contributed by atoms with E-state index in [4.69, 9.17) is 9.84 Å². The van der Waals surface area contributed by atoms with Crippen molar-refractivity contribution in [2.75, 3.05) is 6.61 Å². The van der Waals surface area contributed by atoms with Crippen molar-refractivity contribution in [2.24, 2.45) is 5.41 Å². The van der Waals surface area contributed by atoms with E-state index in [0.29, 0.717) is 5.75 Å². The number of aliphatic hydroxyl groups is 2. The fraction of sp³-hybridized carbons (Fsp3) is 0.606. The molecule has 0 spiro atoms. The highest BCUT2D eigenvalue weighted by molar-refractivity contribution is 5.66. The van der Waals surface area contributed by atoms with Crippen LogP contribution in [0.4, 0.5) is 0 Å². The van der Waals surface area contributed by atoms with E-state index in [1.807, 2.05) is 13.0 Å². The average Bonchev–Trinajstić information content (AvgIpc) is 3.35. The maximum absolute atomic E-state index is 10.9. The lowest BCUT2D eigenvalue weighted by atomic mass is 9.69. The quantitative estimate of drug-likeness (QED) is 0.251. The van der Waals surface area contributed by atoms with Crippen molar-refractivity contribution >= 4 is 5.97 Å². The highest BCUT2D eigenvalue weighted by Gasteiger charge is 2.36. The van der Waals surface area contributed by atoms with Gasteiger partial charge in [-0.1, -0.05) is 63.9 Å². The Labute approximate surface area is 229 Å². The van der Waals surface area contributed by atoms with Crippen LogP contribution in [0.3, 0.4) is 0 Å². The first kappa shape index (κ1) is 30.2. The molecule has 0 bridgehead atoms. The van der Waals surface area contributed by atoms with Crippen molar-refractivity contribution in [3.8, 4) is 5.75 Å². The lowest BCUT2D eigenvalue weighted by Gasteiger charge is -2.34. The number of carboxylic acid groups (broad SMARTS) is 1. The van der Waals surface area contributed by atoms with Gasteiger partial charge in [-0.15, -0.1) is 0 Å². The van der Waals surface area contributed by atoms with Crippen LogP contribution in [0.1, 0.15) is 106 Å². The van der Waals surface area contributed by atoms with Gasteiger partial charge in [-0.05, 0) is 98.1 Å². The first-order valence-corrected chi connectivity index (χ1v) is 14.5. The van der Waals surface area contributed by atoms with E-state index in [0.717, 1.165) is 44.1 Å². The van der Waals surface area contributed by atoms with Crippen molar-refractivity contribution in [1.29, 1.82) is 0 Å². The van der Waals surface area contributed by atoms with Crippen molar-refractivity contribution in [3.05, 3.63) is 64.2 Å². The van der Waals surface area contributed by atoms with Gasteiger partial charge in [0, 0.05) is 11.8 Å². The summed E-state index contributed by atoms with van der Waals surface area (Å²) in [6, 6.07) is 13.2. The SMILES string of the molecule is CCC(CC)(c1ccc(CCC(O)C2(C)CCCC2)c(C)c1)c1ccc(OC[C@H](O)CCC(=O)O)c(C)c1. The molecular weight excluding hydrogens is 476 g/mol. The lowest BCUT2D eigenvalue weighted by Crippen LogP contribution is -2.30. The van der Waals surface area contributed by atoms with Crippen LogP contribution in [0.15, 0.2) is 36.4 Å². The molecule has 5 nitrogen and oxygen atoms in total. The van der Waals surface area contributed by atoms with Gasteiger partial charge in [0.05, 0.1) is 12.2 Å². The van der Waals surface area contributed by atoms with Gasteiger partial charge in [-0.3, -0.25) is 4.79 Å². The fourth-order valence-electron chi connectivity index (χ4n) is 6.33. The molecule has 0 heterocycles. The molecule has 2 aromatic carbocycles. The van der Waals surface area contributed by atoms with Crippen LogP contribution >= 0.6 is 0 Å². The molecule has 1 aliphatic carbocycles. The topological polar surface area (TPSA) is 87.0 Å². The average molecular weight is 525 g/mol. The monoisotopic (exact) mass is 524 g/mol. The third kappa shape index (κ3) is 6.98. The first-order valence-electron chi connectivity index (χ1n) is 14.5. The molecule has 1 saturated carbocycles. The smallest absolute Gasteiger partial charge is 0.303 e. The molecule has 2 atom stereocenters. The molecule has 1 aliphatic rings.